The molecule has 80 valence electrons. The average Bonchev–Trinajstić information content (AvgIpc) is 2.75. The number of amides is 1. The molecule has 2 rings (SSSR count). The van der Waals surface area contributed by atoms with Gasteiger partial charge >= 0.3 is 0 Å². The van der Waals surface area contributed by atoms with Gasteiger partial charge in [-0.1, -0.05) is 0 Å². The highest BCUT2D eigenvalue weighted by atomic mass is 32.2. The first-order valence-electron chi connectivity index (χ1n) is 4.99. The van der Waals surface area contributed by atoms with E-state index in [1.165, 1.54) is 0 Å². The van der Waals surface area contributed by atoms with Crippen molar-refractivity contribution in [1.29, 1.82) is 0 Å². The van der Waals surface area contributed by atoms with Gasteiger partial charge in [-0.05, 0) is 12.2 Å². The van der Waals surface area contributed by atoms with E-state index in [2.05, 4.69) is 5.32 Å². The van der Waals surface area contributed by atoms with Crippen molar-refractivity contribution in [2.75, 3.05) is 24.7 Å². The topological polar surface area (TPSA) is 64.3 Å². The number of carbonyl (C=O) groups excluding carboxylic acids is 1. The van der Waals surface area contributed by atoms with Gasteiger partial charge in [-0.3, -0.25) is 4.79 Å². The van der Waals surface area contributed by atoms with Gasteiger partial charge in [0.05, 0.1) is 19.1 Å². The molecule has 2 heterocycles. The van der Waals surface area contributed by atoms with E-state index in [-0.39, 0.29) is 17.9 Å². The van der Waals surface area contributed by atoms with Crippen LogP contribution in [0, 0.1) is 5.92 Å². The molecule has 0 aromatic rings. The van der Waals surface area contributed by atoms with Crippen LogP contribution >= 0.6 is 11.8 Å². The average molecular weight is 216 g/mol. The van der Waals surface area contributed by atoms with Crippen LogP contribution < -0.4 is 11.1 Å². The zero-order valence-electron chi connectivity index (χ0n) is 8.07. The molecule has 2 aliphatic rings. The van der Waals surface area contributed by atoms with Crippen LogP contribution in [0.15, 0.2) is 0 Å². The van der Waals surface area contributed by atoms with E-state index in [9.17, 15) is 4.79 Å². The first-order chi connectivity index (χ1) is 6.77. The fourth-order valence-electron chi connectivity index (χ4n) is 1.80. The third-order valence-corrected chi connectivity index (χ3v) is 3.90. The van der Waals surface area contributed by atoms with Crippen LogP contribution in [-0.4, -0.2) is 42.7 Å². The first-order valence-corrected chi connectivity index (χ1v) is 6.14. The van der Waals surface area contributed by atoms with E-state index in [1.807, 2.05) is 11.8 Å². The maximum atomic E-state index is 11.7. The number of nitrogens with one attached hydrogen (secondary N) is 1. The molecule has 4 nitrogen and oxygen atoms in total. The van der Waals surface area contributed by atoms with Gasteiger partial charge in [0.25, 0.3) is 0 Å². The third-order valence-electron chi connectivity index (χ3n) is 2.74. The molecule has 1 amide bonds. The van der Waals surface area contributed by atoms with E-state index in [4.69, 9.17) is 10.5 Å². The van der Waals surface area contributed by atoms with Gasteiger partial charge in [-0.15, -0.1) is 0 Å². The van der Waals surface area contributed by atoms with Crippen LogP contribution in [-0.2, 0) is 9.53 Å². The summed E-state index contributed by atoms with van der Waals surface area (Å²) in [5.41, 5.74) is 5.76. The van der Waals surface area contributed by atoms with Gasteiger partial charge in [0.1, 0.15) is 0 Å². The number of thioether (sulfide) groups is 1. The zero-order valence-corrected chi connectivity index (χ0v) is 8.89. The molecule has 2 fully saturated rings. The van der Waals surface area contributed by atoms with Crippen LogP contribution in [0.5, 0.6) is 0 Å². The minimum atomic E-state index is -0.138. The highest BCUT2D eigenvalue weighted by Gasteiger charge is 2.32. The minimum absolute atomic E-state index is 0.0718. The van der Waals surface area contributed by atoms with Crippen LogP contribution in [0.4, 0.5) is 0 Å². The fraction of sp³-hybridized carbons (Fsp3) is 0.889. The Bertz CT molecular complexity index is 219. The van der Waals surface area contributed by atoms with Gasteiger partial charge < -0.3 is 15.8 Å². The largest absolute Gasteiger partial charge is 0.379 e. The Hall–Kier alpha value is -0.260. The Kier molecular flexibility index (Phi) is 3.30. The van der Waals surface area contributed by atoms with Crippen molar-refractivity contribution >= 4 is 17.7 Å². The van der Waals surface area contributed by atoms with Crippen molar-refractivity contribution in [2.24, 2.45) is 11.7 Å². The Morgan fingerprint density at radius 2 is 2.36 bits per heavy atom. The summed E-state index contributed by atoms with van der Waals surface area (Å²) in [6.45, 7) is 0.990. The lowest BCUT2D eigenvalue weighted by atomic mass is 10.0. The van der Waals surface area contributed by atoms with Gasteiger partial charge in [-0.25, -0.2) is 0 Å². The highest BCUT2D eigenvalue weighted by molar-refractivity contribution is 7.99. The molecular weight excluding hydrogens is 200 g/mol. The van der Waals surface area contributed by atoms with E-state index in [0.29, 0.717) is 19.3 Å². The molecule has 0 bridgehead atoms. The molecule has 0 aliphatic carbocycles. The van der Waals surface area contributed by atoms with Gasteiger partial charge in [0.2, 0.25) is 5.91 Å². The van der Waals surface area contributed by atoms with Crippen molar-refractivity contribution in [3.8, 4) is 0 Å². The molecule has 0 aromatic heterocycles. The summed E-state index contributed by atoms with van der Waals surface area (Å²) in [6.07, 6.45) is 1.08. The van der Waals surface area contributed by atoms with E-state index >= 15 is 0 Å². The number of nitrogens with two attached hydrogens (primary N) is 1. The number of ether oxygens (including phenoxy) is 1. The molecule has 0 spiro atoms. The standard InChI is InChI=1S/C9H16N2O2S/c10-8-4-13-3-7(8)9(12)11-6-1-2-14-5-6/h6-8H,1-5,10H2,(H,11,12). The minimum Gasteiger partial charge on any atom is -0.379 e. The number of carbonyl (C=O) groups is 1. The van der Waals surface area contributed by atoms with Crippen LogP contribution in [0.25, 0.3) is 0 Å². The molecule has 3 N–H and O–H groups in total. The van der Waals surface area contributed by atoms with Crippen molar-refractivity contribution in [3.05, 3.63) is 0 Å². The van der Waals surface area contributed by atoms with Crippen LogP contribution in [0.2, 0.25) is 0 Å². The maximum Gasteiger partial charge on any atom is 0.227 e. The summed E-state index contributed by atoms with van der Waals surface area (Å²) in [5, 5.41) is 3.03. The summed E-state index contributed by atoms with van der Waals surface area (Å²) in [4.78, 5) is 11.7. The normalized spacial score (nSPS) is 37.4. The Morgan fingerprint density at radius 3 is 2.93 bits per heavy atom. The van der Waals surface area contributed by atoms with Crippen LogP contribution in [0.1, 0.15) is 6.42 Å². The smallest absolute Gasteiger partial charge is 0.227 e. The summed E-state index contributed by atoms with van der Waals surface area (Å²) in [5.74, 6) is 2.12. The summed E-state index contributed by atoms with van der Waals surface area (Å²) in [7, 11) is 0. The zero-order chi connectivity index (χ0) is 9.97. The van der Waals surface area contributed by atoms with Crippen molar-refractivity contribution < 1.29 is 9.53 Å². The highest BCUT2D eigenvalue weighted by Crippen LogP contribution is 2.18. The summed E-state index contributed by atoms with van der Waals surface area (Å²) < 4.78 is 5.16. The van der Waals surface area contributed by atoms with E-state index < -0.39 is 0 Å². The third kappa shape index (κ3) is 2.21. The Labute approximate surface area is 87.9 Å². The number of rotatable bonds is 2. The molecule has 14 heavy (non-hydrogen) atoms. The fourth-order valence-corrected chi connectivity index (χ4v) is 2.95. The molecule has 0 radical (unpaired) electrons. The summed E-state index contributed by atoms with van der Waals surface area (Å²) >= 11 is 1.89. The first kappa shape index (κ1) is 10.3. The Balaban J connectivity index is 1.82. The second-order valence-electron chi connectivity index (χ2n) is 3.88. The molecule has 2 saturated heterocycles. The Morgan fingerprint density at radius 1 is 1.50 bits per heavy atom. The lowest BCUT2D eigenvalue weighted by Crippen LogP contribution is -2.45. The van der Waals surface area contributed by atoms with Gasteiger partial charge in [-0.2, -0.15) is 11.8 Å². The van der Waals surface area contributed by atoms with Crippen LogP contribution in [0.3, 0.4) is 0 Å². The molecule has 2 aliphatic heterocycles. The maximum absolute atomic E-state index is 11.7. The lowest BCUT2D eigenvalue weighted by Gasteiger charge is -2.16. The van der Waals surface area contributed by atoms with Gasteiger partial charge in [0.15, 0.2) is 0 Å². The second-order valence-corrected chi connectivity index (χ2v) is 5.03. The quantitative estimate of drug-likeness (QED) is 0.658. The predicted octanol–water partition coefficient (Wildman–Crippen LogP) is -0.418. The van der Waals surface area contributed by atoms with Crippen molar-refractivity contribution in [1.82, 2.24) is 5.32 Å². The van der Waals surface area contributed by atoms with Gasteiger partial charge in [0, 0.05) is 17.8 Å². The van der Waals surface area contributed by atoms with E-state index in [0.717, 1.165) is 17.9 Å². The second kappa shape index (κ2) is 4.51. The summed E-state index contributed by atoms with van der Waals surface area (Å²) in [6, 6.07) is 0.226. The monoisotopic (exact) mass is 216 g/mol. The molecule has 3 atom stereocenters. The number of hydrogen-bond donors (Lipinski definition) is 2. The van der Waals surface area contributed by atoms with Crippen molar-refractivity contribution in [3.63, 3.8) is 0 Å². The lowest BCUT2D eigenvalue weighted by molar-refractivity contribution is -0.125. The molecule has 5 heteroatoms. The van der Waals surface area contributed by atoms with E-state index in [1.54, 1.807) is 0 Å². The molecular formula is C9H16N2O2S. The predicted molar refractivity (Wildman–Crippen MR) is 56.2 cm³/mol. The number of hydrogen-bond acceptors (Lipinski definition) is 4. The molecule has 0 aromatic carbocycles. The molecule has 3 unspecified atom stereocenters. The van der Waals surface area contributed by atoms with Crippen molar-refractivity contribution in [2.45, 2.75) is 18.5 Å². The molecule has 0 saturated carbocycles. The SMILES string of the molecule is NC1COCC1C(=O)NC1CCSC1.